The molecule has 0 aromatic heterocycles. The molecule has 17 heavy (non-hydrogen) atoms. The maximum absolute atomic E-state index is 10.5. The molecular formula is C12H21NO4. The molecule has 0 unspecified atom stereocenters. The SMILES string of the molecule is CO[C@@H]1CCO[C@]2(CCN(CCC(=O)O)C2)C1. The standard InChI is InChI=1S/C12H21NO4/c1-16-10-3-7-17-12(8-10)4-6-13(9-12)5-2-11(14)15/h10H,2-9H2,1H3,(H,14,15)/t10-,12-/m1/s1. The Labute approximate surface area is 102 Å². The maximum Gasteiger partial charge on any atom is 0.304 e. The van der Waals surface area contributed by atoms with Crippen molar-refractivity contribution in [3.05, 3.63) is 0 Å². The lowest BCUT2D eigenvalue weighted by atomic mass is 9.91. The van der Waals surface area contributed by atoms with Gasteiger partial charge in [0, 0.05) is 39.8 Å². The quantitative estimate of drug-likeness (QED) is 0.789. The number of hydrogen-bond donors (Lipinski definition) is 1. The molecule has 0 radical (unpaired) electrons. The molecule has 2 aliphatic heterocycles. The second-order valence-corrected chi connectivity index (χ2v) is 5.05. The number of carboxylic acids is 1. The number of hydrogen-bond acceptors (Lipinski definition) is 4. The highest BCUT2D eigenvalue weighted by molar-refractivity contribution is 5.66. The molecule has 2 atom stereocenters. The van der Waals surface area contributed by atoms with Crippen molar-refractivity contribution in [3.8, 4) is 0 Å². The van der Waals surface area contributed by atoms with Crippen molar-refractivity contribution in [2.24, 2.45) is 0 Å². The Morgan fingerprint density at radius 3 is 3.18 bits per heavy atom. The van der Waals surface area contributed by atoms with Crippen LogP contribution < -0.4 is 0 Å². The van der Waals surface area contributed by atoms with Crippen molar-refractivity contribution in [3.63, 3.8) is 0 Å². The molecule has 2 heterocycles. The third-order valence-corrected chi connectivity index (χ3v) is 3.82. The Hall–Kier alpha value is -0.650. The van der Waals surface area contributed by atoms with Crippen LogP contribution in [-0.2, 0) is 14.3 Å². The fourth-order valence-corrected chi connectivity index (χ4v) is 2.84. The normalized spacial score (nSPS) is 34.3. The molecule has 0 saturated carbocycles. The van der Waals surface area contributed by atoms with Crippen molar-refractivity contribution < 1.29 is 19.4 Å². The lowest BCUT2D eigenvalue weighted by Gasteiger charge is -2.37. The second kappa shape index (κ2) is 5.33. The van der Waals surface area contributed by atoms with Gasteiger partial charge in [-0.25, -0.2) is 0 Å². The van der Waals surface area contributed by atoms with Gasteiger partial charge in [0.05, 0.1) is 18.1 Å². The zero-order valence-corrected chi connectivity index (χ0v) is 10.4. The molecular weight excluding hydrogens is 222 g/mol. The van der Waals surface area contributed by atoms with Gasteiger partial charge in [0.1, 0.15) is 0 Å². The fraction of sp³-hybridized carbons (Fsp3) is 0.917. The first-order valence-electron chi connectivity index (χ1n) is 6.24. The zero-order valence-electron chi connectivity index (χ0n) is 10.4. The second-order valence-electron chi connectivity index (χ2n) is 5.05. The van der Waals surface area contributed by atoms with Gasteiger partial charge >= 0.3 is 5.97 Å². The third-order valence-electron chi connectivity index (χ3n) is 3.82. The first-order valence-corrected chi connectivity index (χ1v) is 6.24. The molecule has 1 N–H and O–H groups in total. The van der Waals surface area contributed by atoms with Gasteiger partial charge < -0.3 is 14.6 Å². The van der Waals surface area contributed by atoms with Crippen LogP contribution in [0.15, 0.2) is 0 Å². The number of ether oxygens (including phenoxy) is 2. The van der Waals surface area contributed by atoms with Crippen molar-refractivity contribution in [2.45, 2.75) is 37.4 Å². The summed E-state index contributed by atoms with van der Waals surface area (Å²) in [7, 11) is 1.75. The van der Waals surface area contributed by atoms with Crippen LogP contribution in [0.25, 0.3) is 0 Å². The van der Waals surface area contributed by atoms with Crippen LogP contribution in [-0.4, -0.2) is 61.0 Å². The zero-order chi connectivity index (χ0) is 12.3. The molecule has 5 heteroatoms. The van der Waals surface area contributed by atoms with E-state index in [0.717, 1.165) is 39.0 Å². The summed E-state index contributed by atoms with van der Waals surface area (Å²) in [5.41, 5.74) is -0.0859. The summed E-state index contributed by atoms with van der Waals surface area (Å²) in [5.74, 6) is -0.731. The van der Waals surface area contributed by atoms with Gasteiger partial charge in [0.15, 0.2) is 0 Å². The summed E-state index contributed by atoms with van der Waals surface area (Å²) in [6, 6.07) is 0. The number of carboxylic acid groups (broad SMARTS) is 1. The van der Waals surface area contributed by atoms with Gasteiger partial charge in [-0.2, -0.15) is 0 Å². The highest BCUT2D eigenvalue weighted by Crippen LogP contribution is 2.35. The van der Waals surface area contributed by atoms with Crippen LogP contribution in [0.4, 0.5) is 0 Å². The van der Waals surface area contributed by atoms with Crippen molar-refractivity contribution in [1.29, 1.82) is 0 Å². The number of carbonyl (C=O) groups is 1. The predicted molar refractivity (Wildman–Crippen MR) is 62.0 cm³/mol. The Morgan fingerprint density at radius 1 is 1.65 bits per heavy atom. The van der Waals surface area contributed by atoms with E-state index in [1.807, 2.05) is 0 Å². The molecule has 0 aromatic carbocycles. The number of methoxy groups -OCH3 is 1. The first kappa shape index (κ1) is 12.8. The first-order chi connectivity index (χ1) is 8.13. The molecule has 0 aromatic rings. The summed E-state index contributed by atoms with van der Waals surface area (Å²) in [6.07, 6.45) is 3.40. The molecule has 2 fully saturated rings. The van der Waals surface area contributed by atoms with Gasteiger partial charge in [0.25, 0.3) is 0 Å². The molecule has 5 nitrogen and oxygen atoms in total. The van der Waals surface area contributed by atoms with E-state index in [2.05, 4.69) is 4.90 Å². The van der Waals surface area contributed by atoms with E-state index < -0.39 is 5.97 Å². The van der Waals surface area contributed by atoms with E-state index >= 15 is 0 Å². The third kappa shape index (κ3) is 3.18. The molecule has 0 amide bonds. The minimum absolute atomic E-state index is 0.0859. The molecule has 1 spiro atoms. The summed E-state index contributed by atoms with van der Waals surface area (Å²) in [4.78, 5) is 12.7. The lowest BCUT2D eigenvalue weighted by Crippen LogP contribution is -2.44. The van der Waals surface area contributed by atoms with Gasteiger partial charge in [-0.1, -0.05) is 0 Å². The largest absolute Gasteiger partial charge is 0.481 e. The Morgan fingerprint density at radius 2 is 2.47 bits per heavy atom. The van der Waals surface area contributed by atoms with Crippen LogP contribution in [0.2, 0.25) is 0 Å². The van der Waals surface area contributed by atoms with Crippen LogP contribution in [0, 0.1) is 0 Å². The predicted octanol–water partition coefficient (Wildman–Crippen LogP) is 0.731. The lowest BCUT2D eigenvalue weighted by molar-refractivity contribution is -0.137. The average Bonchev–Trinajstić information content (AvgIpc) is 2.70. The van der Waals surface area contributed by atoms with Gasteiger partial charge in [-0.15, -0.1) is 0 Å². The summed E-state index contributed by atoms with van der Waals surface area (Å²) in [5, 5.41) is 8.68. The summed E-state index contributed by atoms with van der Waals surface area (Å²) < 4.78 is 11.3. The van der Waals surface area contributed by atoms with Crippen LogP contribution in [0.5, 0.6) is 0 Å². The van der Waals surface area contributed by atoms with Crippen LogP contribution >= 0.6 is 0 Å². The van der Waals surface area contributed by atoms with Crippen LogP contribution in [0.1, 0.15) is 25.7 Å². The van der Waals surface area contributed by atoms with Crippen LogP contribution in [0.3, 0.4) is 0 Å². The smallest absolute Gasteiger partial charge is 0.304 e. The minimum Gasteiger partial charge on any atom is -0.481 e. The number of rotatable bonds is 4. The minimum atomic E-state index is -0.731. The molecule has 98 valence electrons. The summed E-state index contributed by atoms with van der Waals surface area (Å²) >= 11 is 0. The molecule has 2 aliphatic rings. The van der Waals surface area contributed by atoms with E-state index in [4.69, 9.17) is 14.6 Å². The van der Waals surface area contributed by atoms with Crippen molar-refractivity contribution >= 4 is 5.97 Å². The summed E-state index contributed by atoms with van der Waals surface area (Å²) in [6.45, 7) is 3.16. The van der Waals surface area contributed by atoms with E-state index in [1.165, 1.54) is 0 Å². The molecule has 0 bridgehead atoms. The highest BCUT2D eigenvalue weighted by atomic mass is 16.5. The van der Waals surface area contributed by atoms with E-state index in [1.54, 1.807) is 7.11 Å². The fourth-order valence-electron chi connectivity index (χ4n) is 2.84. The Balaban J connectivity index is 1.84. The topological polar surface area (TPSA) is 59.0 Å². The Kier molecular flexibility index (Phi) is 4.01. The van der Waals surface area contributed by atoms with E-state index in [-0.39, 0.29) is 12.0 Å². The monoisotopic (exact) mass is 243 g/mol. The van der Waals surface area contributed by atoms with Crippen molar-refractivity contribution in [2.75, 3.05) is 33.4 Å². The molecule has 2 rings (SSSR count). The number of aliphatic carboxylic acids is 1. The number of nitrogens with zero attached hydrogens (tertiary/aromatic N) is 1. The highest BCUT2D eigenvalue weighted by Gasteiger charge is 2.43. The van der Waals surface area contributed by atoms with E-state index in [0.29, 0.717) is 12.6 Å². The average molecular weight is 243 g/mol. The molecule has 0 aliphatic carbocycles. The van der Waals surface area contributed by atoms with Gasteiger partial charge in [-0.05, 0) is 12.8 Å². The van der Waals surface area contributed by atoms with E-state index in [9.17, 15) is 4.79 Å². The maximum atomic E-state index is 10.5. The van der Waals surface area contributed by atoms with Crippen molar-refractivity contribution in [1.82, 2.24) is 4.90 Å². The molecule has 2 saturated heterocycles. The van der Waals surface area contributed by atoms with Gasteiger partial charge in [-0.3, -0.25) is 9.69 Å². The van der Waals surface area contributed by atoms with Gasteiger partial charge in [0.2, 0.25) is 0 Å². The number of likely N-dealkylation sites (tertiary alicyclic amines) is 1. The Bertz CT molecular complexity index is 284.